The lowest BCUT2D eigenvalue weighted by molar-refractivity contribution is 0.468. The molecule has 0 heterocycles. The summed E-state index contributed by atoms with van der Waals surface area (Å²) in [6.45, 7) is 17.1. The van der Waals surface area contributed by atoms with Crippen molar-refractivity contribution in [1.29, 1.82) is 0 Å². The van der Waals surface area contributed by atoms with Gasteiger partial charge in [-0.2, -0.15) is 0 Å². The molecule has 0 aliphatic rings. The van der Waals surface area contributed by atoms with Crippen LogP contribution in [0.15, 0.2) is 231 Å². The highest BCUT2D eigenvalue weighted by atomic mass is 28.3. The fourth-order valence-corrected chi connectivity index (χ4v) is 25.3. The summed E-state index contributed by atoms with van der Waals surface area (Å²) in [5, 5.41) is 66.1. The molecule has 0 aliphatic carbocycles. The monoisotopic (exact) mass is 1100 g/mol. The van der Waals surface area contributed by atoms with Gasteiger partial charge in [0.05, 0.1) is 0 Å². The van der Waals surface area contributed by atoms with E-state index in [9.17, 15) is 20.4 Å². The van der Waals surface area contributed by atoms with E-state index in [1.165, 1.54) is 31.1 Å². The second kappa shape index (κ2) is 21.0. The molecule has 0 saturated heterocycles. The molecule has 12 aromatic carbocycles. The van der Waals surface area contributed by atoms with E-state index in [0.717, 1.165) is 76.4 Å². The van der Waals surface area contributed by atoms with Crippen molar-refractivity contribution in [3.8, 4) is 56.4 Å². The molecule has 0 aromatic heterocycles. The van der Waals surface area contributed by atoms with Crippen LogP contribution in [-0.2, 0) is 0 Å². The minimum atomic E-state index is -3.41. The third kappa shape index (κ3) is 8.39. The first-order valence-corrected chi connectivity index (χ1v) is 32.2. The van der Waals surface area contributed by atoms with E-state index in [0.29, 0.717) is 33.4 Å². The van der Waals surface area contributed by atoms with Crippen molar-refractivity contribution in [3.63, 3.8) is 0 Å². The summed E-state index contributed by atoms with van der Waals surface area (Å²) in [6, 6.07) is 79.6. The number of aryl methyl sites for hydroxylation is 8. The molecule has 82 heavy (non-hydrogen) atoms. The summed E-state index contributed by atoms with van der Waals surface area (Å²) in [6.07, 6.45) is 0. The summed E-state index contributed by atoms with van der Waals surface area (Å²) in [5.41, 5.74) is 11.3. The van der Waals surface area contributed by atoms with Gasteiger partial charge in [0, 0.05) is 33.4 Å². The van der Waals surface area contributed by atoms with Crippen LogP contribution >= 0.6 is 0 Å². The summed E-state index contributed by atoms with van der Waals surface area (Å²) in [7, 11) is -6.82. The van der Waals surface area contributed by atoms with Gasteiger partial charge in [-0.1, -0.05) is 251 Å². The van der Waals surface area contributed by atoms with E-state index in [-0.39, 0.29) is 23.0 Å². The molecule has 0 spiro atoms. The topological polar surface area (TPSA) is 80.9 Å². The Morgan fingerprint density at radius 2 is 0.463 bits per heavy atom. The average Bonchev–Trinajstić information content (AvgIpc) is 1.46. The molecule has 12 rings (SSSR count). The van der Waals surface area contributed by atoms with Crippen LogP contribution in [0.3, 0.4) is 0 Å². The molecule has 4 nitrogen and oxygen atoms in total. The maximum absolute atomic E-state index is 13.6. The third-order valence-corrected chi connectivity index (χ3v) is 28.1. The number of hydrogen-bond donors (Lipinski definition) is 4. The van der Waals surface area contributed by atoms with Crippen LogP contribution < -0.4 is 41.5 Å². The Bertz CT molecular complexity index is 4010. The lowest BCUT2D eigenvalue weighted by Crippen LogP contribution is -2.76. The van der Waals surface area contributed by atoms with Crippen molar-refractivity contribution < 1.29 is 20.4 Å². The van der Waals surface area contributed by atoms with Gasteiger partial charge < -0.3 is 20.4 Å². The van der Waals surface area contributed by atoms with E-state index in [2.05, 4.69) is 213 Å². The molecule has 4 N–H and O–H groups in total. The molecule has 6 heteroatoms. The van der Waals surface area contributed by atoms with Crippen molar-refractivity contribution in [2.24, 2.45) is 0 Å². The molecule has 0 fully saturated rings. The van der Waals surface area contributed by atoms with Crippen LogP contribution in [0, 0.1) is 55.4 Å². The molecular formula is C76H66O4Si2. The zero-order valence-electron chi connectivity index (χ0n) is 47.7. The van der Waals surface area contributed by atoms with Crippen LogP contribution in [0.4, 0.5) is 0 Å². The van der Waals surface area contributed by atoms with E-state index >= 15 is 0 Å². The Hall–Kier alpha value is -9.21. The molecule has 0 atom stereocenters. The summed E-state index contributed by atoms with van der Waals surface area (Å²) in [4.78, 5) is 0. The molecule has 0 amide bonds. The molecule has 0 aliphatic heterocycles. The number of aromatic hydroxyl groups is 4. The maximum atomic E-state index is 13.6. The van der Waals surface area contributed by atoms with Crippen molar-refractivity contribution in [2.45, 2.75) is 55.4 Å². The van der Waals surface area contributed by atoms with E-state index in [1.807, 2.05) is 72.8 Å². The van der Waals surface area contributed by atoms with Crippen LogP contribution in [0.25, 0.3) is 54.9 Å². The number of hydrogen-bond acceptors (Lipinski definition) is 4. The van der Waals surface area contributed by atoms with Gasteiger partial charge in [-0.25, -0.2) is 0 Å². The first-order chi connectivity index (χ1) is 39.7. The number of phenols is 4. The Morgan fingerprint density at radius 1 is 0.232 bits per heavy atom. The highest BCUT2D eigenvalue weighted by Crippen LogP contribution is 2.53. The van der Waals surface area contributed by atoms with Crippen molar-refractivity contribution in [3.05, 3.63) is 275 Å². The van der Waals surface area contributed by atoms with E-state index in [1.54, 1.807) is 0 Å². The SMILES string of the molecule is Cc1cc(-c2cc3ccccc3c(-c3c(O)c(-c4cc(C)cc([Si](c5ccccc5C)(c5ccccc5C)c5ccccc5C)c4O)cc4ccccc34)c2O)c(O)c([Si](c2ccccc2C)(c2ccccc2C)c2ccccc2C)c1. The van der Waals surface area contributed by atoms with Crippen LogP contribution in [-0.4, -0.2) is 36.6 Å². The first kappa shape index (κ1) is 53.4. The van der Waals surface area contributed by atoms with Gasteiger partial charge in [-0.3, -0.25) is 0 Å². The summed E-state index contributed by atoms with van der Waals surface area (Å²) >= 11 is 0. The third-order valence-electron chi connectivity index (χ3n) is 17.5. The van der Waals surface area contributed by atoms with Gasteiger partial charge in [0.1, 0.15) is 23.0 Å². The van der Waals surface area contributed by atoms with Crippen LogP contribution in [0.2, 0.25) is 0 Å². The second-order valence-electron chi connectivity index (χ2n) is 22.5. The molecular weight excluding hydrogens is 1030 g/mol. The van der Waals surface area contributed by atoms with Gasteiger partial charge in [0.15, 0.2) is 16.1 Å². The minimum Gasteiger partial charge on any atom is -0.507 e. The molecule has 12 aromatic rings. The van der Waals surface area contributed by atoms with Crippen LogP contribution in [0.5, 0.6) is 23.0 Å². The van der Waals surface area contributed by atoms with Crippen LogP contribution in [0.1, 0.15) is 44.5 Å². The van der Waals surface area contributed by atoms with Gasteiger partial charge >= 0.3 is 0 Å². The van der Waals surface area contributed by atoms with Crippen molar-refractivity contribution in [2.75, 3.05) is 0 Å². The van der Waals surface area contributed by atoms with Gasteiger partial charge in [0.25, 0.3) is 0 Å². The van der Waals surface area contributed by atoms with Gasteiger partial charge in [-0.15, -0.1) is 0 Å². The first-order valence-electron chi connectivity index (χ1n) is 28.2. The Morgan fingerprint density at radius 3 is 0.732 bits per heavy atom. The Kier molecular flexibility index (Phi) is 13.7. The molecule has 0 bridgehead atoms. The zero-order chi connectivity index (χ0) is 57.2. The summed E-state index contributed by atoms with van der Waals surface area (Å²) in [5.74, 6) is 0.00841. The molecule has 0 unspecified atom stereocenters. The summed E-state index contributed by atoms with van der Waals surface area (Å²) < 4.78 is 0. The molecule has 0 saturated carbocycles. The number of benzene rings is 12. The number of rotatable bonds is 11. The fourth-order valence-electron chi connectivity index (χ4n) is 13.8. The van der Waals surface area contributed by atoms with Gasteiger partial charge in [-0.05, 0) is 143 Å². The van der Waals surface area contributed by atoms with E-state index < -0.39 is 16.1 Å². The molecule has 0 radical (unpaired) electrons. The largest absolute Gasteiger partial charge is 0.507 e. The Balaban J connectivity index is 1.17. The van der Waals surface area contributed by atoms with Crippen molar-refractivity contribution >= 4 is 79.2 Å². The molecule has 402 valence electrons. The van der Waals surface area contributed by atoms with Gasteiger partial charge in [0.2, 0.25) is 0 Å². The maximum Gasteiger partial charge on any atom is 0.184 e. The smallest absolute Gasteiger partial charge is 0.184 e. The van der Waals surface area contributed by atoms with Crippen molar-refractivity contribution in [1.82, 2.24) is 0 Å². The van der Waals surface area contributed by atoms with E-state index in [4.69, 9.17) is 0 Å². The zero-order valence-corrected chi connectivity index (χ0v) is 49.7. The number of fused-ring (bicyclic) bond motifs is 2. The Labute approximate surface area is 483 Å². The highest BCUT2D eigenvalue weighted by molar-refractivity contribution is 7.21. The average molecular weight is 1100 g/mol. The normalized spacial score (nSPS) is 11.9. The lowest BCUT2D eigenvalue weighted by atomic mass is 9.86. The second-order valence-corrected chi connectivity index (χ2v) is 29.9. The highest BCUT2D eigenvalue weighted by Gasteiger charge is 2.48. The predicted octanol–water partition coefficient (Wildman–Crippen LogP) is 13.0. The standard InChI is InChI=1S/C76H66O4Si2/c1-47-41-59(73(77)69(43-47)81(63-35-19-9-25-49(63)3,64-36-20-10-26-50(64)4)65-37-21-11-27-51(65)5)61-45-55-31-15-17-33-57(55)71(75(61)79)72-58-34-18-16-32-56(58)46-62(76(72)80)60-42-48(2)44-70(74(60)78)82(66-38-22-12-28-52(66)6,67-39-23-13-29-53(67)7)68-40-24-14-30-54(68)8/h9-46,77-80H,1-8H3. The predicted molar refractivity (Wildman–Crippen MR) is 350 cm³/mol. The lowest BCUT2D eigenvalue weighted by Gasteiger charge is -2.38. The number of phenolic OH excluding ortho intramolecular Hbond substituents is 4. The fraction of sp³-hybridized carbons (Fsp3) is 0.105. The quantitative estimate of drug-likeness (QED) is 0.0769. The minimum absolute atomic E-state index is 0.0858.